The van der Waals surface area contributed by atoms with Gasteiger partial charge in [-0.25, -0.2) is 0 Å². The Morgan fingerprint density at radius 1 is 1.10 bits per heavy atom. The maximum atomic E-state index is 11.1. The predicted octanol–water partition coefficient (Wildman–Crippen LogP) is 5.72. The molecule has 0 radical (unpaired) electrons. The van der Waals surface area contributed by atoms with Gasteiger partial charge in [0.15, 0.2) is 0 Å². The second-order valence-corrected chi connectivity index (χ2v) is 7.59. The summed E-state index contributed by atoms with van der Waals surface area (Å²) in [5, 5.41) is 10.1. The average molecular weight is 415 g/mol. The van der Waals surface area contributed by atoms with E-state index in [4.69, 9.17) is 20.0 Å². The molecule has 0 amide bonds. The van der Waals surface area contributed by atoms with E-state index >= 15 is 0 Å². The molecule has 3 aromatic carbocycles. The van der Waals surface area contributed by atoms with Gasteiger partial charge in [0, 0.05) is 22.6 Å². The van der Waals surface area contributed by atoms with Crippen LogP contribution in [0.25, 0.3) is 22.1 Å². The minimum absolute atomic E-state index is 0.00991. The van der Waals surface area contributed by atoms with Crippen molar-refractivity contribution in [2.45, 2.75) is 32.4 Å². The van der Waals surface area contributed by atoms with Crippen LogP contribution in [0.3, 0.4) is 0 Å². The molecule has 158 valence electrons. The molecule has 5 heteroatoms. The standard InChI is InChI=1S/C26H25NO4/c1-2-23(27)19-8-5-7-18(14-19)22-13-17(12-21-10-11-30-26(21)22)16-31-24-9-4-3-6-20(24)15-25(28)29/h3-14,23H,2,15-16,27H2,1H3,(H,28,29). The number of hydrogen-bond donors (Lipinski definition) is 2. The van der Waals surface area contributed by atoms with Crippen molar-refractivity contribution in [3.63, 3.8) is 0 Å². The summed E-state index contributed by atoms with van der Waals surface area (Å²) in [5.41, 5.74) is 11.8. The second kappa shape index (κ2) is 9.06. The molecule has 1 aromatic heterocycles. The zero-order chi connectivity index (χ0) is 21.8. The number of fused-ring (bicyclic) bond motifs is 1. The van der Waals surface area contributed by atoms with Crippen LogP contribution in [0, 0.1) is 0 Å². The van der Waals surface area contributed by atoms with Gasteiger partial charge in [0.2, 0.25) is 0 Å². The molecule has 1 atom stereocenters. The number of carboxylic acid groups (broad SMARTS) is 1. The molecule has 1 heterocycles. The number of carboxylic acids is 1. The summed E-state index contributed by atoms with van der Waals surface area (Å²) in [6.07, 6.45) is 2.47. The number of furan rings is 1. The fourth-order valence-electron chi connectivity index (χ4n) is 3.73. The van der Waals surface area contributed by atoms with Crippen molar-refractivity contribution in [1.29, 1.82) is 0 Å². The molecule has 0 aliphatic rings. The van der Waals surface area contributed by atoms with Gasteiger partial charge in [-0.05, 0) is 53.4 Å². The molecular formula is C26H25NO4. The first kappa shape index (κ1) is 20.7. The van der Waals surface area contributed by atoms with Crippen LogP contribution < -0.4 is 10.5 Å². The highest BCUT2D eigenvalue weighted by atomic mass is 16.5. The number of carbonyl (C=O) groups is 1. The number of para-hydroxylation sites is 1. The third kappa shape index (κ3) is 4.62. The normalized spacial score (nSPS) is 12.1. The summed E-state index contributed by atoms with van der Waals surface area (Å²) in [4.78, 5) is 11.1. The van der Waals surface area contributed by atoms with Crippen LogP contribution in [-0.4, -0.2) is 11.1 Å². The van der Waals surface area contributed by atoms with E-state index < -0.39 is 5.97 Å². The maximum absolute atomic E-state index is 11.1. The van der Waals surface area contributed by atoms with Crippen LogP contribution in [0.4, 0.5) is 0 Å². The van der Waals surface area contributed by atoms with E-state index in [1.807, 2.05) is 36.4 Å². The third-order valence-electron chi connectivity index (χ3n) is 5.39. The SMILES string of the molecule is CCC(N)c1cccc(-c2cc(COc3ccccc3CC(=O)O)cc3ccoc23)c1. The number of nitrogens with two attached hydrogens (primary N) is 1. The van der Waals surface area contributed by atoms with Gasteiger partial charge < -0.3 is 20.0 Å². The van der Waals surface area contributed by atoms with Crippen LogP contribution >= 0.6 is 0 Å². The van der Waals surface area contributed by atoms with Crippen LogP contribution in [0.2, 0.25) is 0 Å². The van der Waals surface area contributed by atoms with Crippen molar-refractivity contribution >= 4 is 16.9 Å². The lowest BCUT2D eigenvalue weighted by Crippen LogP contribution is -2.08. The van der Waals surface area contributed by atoms with E-state index in [-0.39, 0.29) is 12.5 Å². The Morgan fingerprint density at radius 2 is 1.94 bits per heavy atom. The minimum atomic E-state index is -0.886. The molecule has 31 heavy (non-hydrogen) atoms. The van der Waals surface area contributed by atoms with E-state index in [9.17, 15) is 4.79 Å². The summed E-state index contributed by atoms with van der Waals surface area (Å²) in [6.45, 7) is 2.39. The van der Waals surface area contributed by atoms with Crippen LogP contribution in [-0.2, 0) is 17.8 Å². The fraction of sp³-hybridized carbons (Fsp3) is 0.192. The number of aliphatic carboxylic acids is 1. The molecule has 0 bridgehead atoms. The molecule has 5 nitrogen and oxygen atoms in total. The summed E-state index contributed by atoms with van der Waals surface area (Å²) < 4.78 is 11.8. The van der Waals surface area contributed by atoms with E-state index in [2.05, 4.69) is 25.1 Å². The van der Waals surface area contributed by atoms with Gasteiger partial charge in [-0.1, -0.05) is 43.3 Å². The van der Waals surface area contributed by atoms with E-state index in [1.54, 1.807) is 18.4 Å². The van der Waals surface area contributed by atoms with E-state index in [0.29, 0.717) is 17.9 Å². The van der Waals surface area contributed by atoms with Crippen LogP contribution in [0.5, 0.6) is 5.75 Å². The maximum Gasteiger partial charge on any atom is 0.307 e. The van der Waals surface area contributed by atoms with Gasteiger partial charge >= 0.3 is 5.97 Å². The lowest BCUT2D eigenvalue weighted by molar-refractivity contribution is -0.136. The Hall–Kier alpha value is -3.57. The summed E-state index contributed by atoms with van der Waals surface area (Å²) in [7, 11) is 0. The zero-order valence-corrected chi connectivity index (χ0v) is 17.4. The number of hydrogen-bond acceptors (Lipinski definition) is 4. The smallest absolute Gasteiger partial charge is 0.307 e. The highest BCUT2D eigenvalue weighted by Crippen LogP contribution is 2.33. The van der Waals surface area contributed by atoms with E-state index in [0.717, 1.165) is 39.6 Å². The minimum Gasteiger partial charge on any atom is -0.489 e. The molecule has 1 unspecified atom stereocenters. The van der Waals surface area contributed by atoms with Crippen molar-refractivity contribution in [3.8, 4) is 16.9 Å². The first-order valence-corrected chi connectivity index (χ1v) is 10.3. The average Bonchev–Trinajstić information content (AvgIpc) is 3.26. The highest BCUT2D eigenvalue weighted by molar-refractivity contribution is 5.93. The topological polar surface area (TPSA) is 85.7 Å². The summed E-state index contributed by atoms with van der Waals surface area (Å²) in [5.74, 6) is -0.307. The Balaban J connectivity index is 1.67. The molecule has 4 rings (SSSR count). The van der Waals surface area contributed by atoms with E-state index in [1.165, 1.54) is 0 Å². The fourth-order valence-corrected chi connectivity index (χ4v) is 3.73. The molecule has 0 fully saturated rings. The third-order valence-corrected chi connectivity index (χ3v) is 5.39. The van der Waals surface area contributed by atoms with Gasteiger partial charge in [0.1, 0.15) is 17.9 Å². The first-order chi connectivity index (χ1) is 15.0. The molecule has 0 aliphatic heterocycles. The molecule has 0 saturated carbocycles. The summed E-state index contributed by atoms with van der Waals surface area (Å²) >= 11 is 0. The molecule has 0 spiro atoms. The molecular weight excluding hydrogens is 390 g/mol. The molecule has 0 aliphatic carbocycles. The van der Waals surface area contributed by atoms with Crippen molar-refractivity contribution in [2.75, 3.05) is 0 Å². The summed E-state index contributed by atoms with van der Waals surface area (Å²) in [6, 6.07) is 21.5. The molecule has 0 saturated heterocycles. The first-order valence-electron chi connectivity index (χ1n) is 10.3. The van der Waals surface area contributed by atoms with Gasteiger partial charge in [-0.2, -0.15) is 0 Å². The lowest BCUT2D eigenvalue weighted by Gasteiger charge is -2.13. The second-order valence-electron chi connectivity index (χ2n) is 7.59. The Kier molecular flexibility index (Phi) is 6.05. The van der Waals surface area contributed by atoms with Gasteiger partial charge in [-0.3, -0.25) is 4.79 Å². The van der Waals surface area contributed by atoms with Gasteiger partial charge in [0.25, 0.3) is 0 Å². The largest absolute Gasteiger partial charge is 0.489 e. The number of benzene rings is 3. The van der Waals surface area contributed by atoms with Gasteiger partial charge in [-0.15, -0.1) is 0 Å². The van der Waals surface area contributed by atoms with Crippen molar-refractivity contribution in [1.82, 2.24) is 0 Å². The van der Waals surface area contributed by atoms with Crippen LogP contribution in [0.15, 0.2) is 77.4 Å². The Labute approximate surface area is 181 Å². The molecule has 3 N–H and O–H groups in total. The molecule has 4 aromatic rings. The van der Waals surface area contributed by atoms with Gasteiger partial charge in [0.05, 0.1) is 12.7 Å². The quantitative estimate of drug-likeness (QED) is 0.385. The Morgan fingerprint density at radius 3 is 2.74 bits per heavy atom. The van der Waals surface area contributed by atoms with Crippen molar-refractivity contribution in [2.24, 2.45) is 5.73 Å². The highest BCUT2D eigenvalue weighted by Gasteiger charge is 2.13. The lowest BCUT2D eigenvalue weighted by atomic mass is 9.96. The number of rotatable bonds is 8. The predicted molar refractivity (Wildman–Crippen MR) is 121 cm³/mol. The monoisotopic (exact) mass is 415 g/mol. The zero-order valence-electron chi connectivity index (χ0n) is 17.4. The van der Waals surface area contributed by atoms with Crippen molar-refractivity contribution in [3.05, 3.63) is 89.7 Å². The Bertz CT molecular complexity index is 1210. The number of ether oxygens (including phenoxy) is 1. The van der Waals surface area contributed by atoms with Crippen LogP contribution in [0.1, 0.15) is 36.1 Å². The van der Waals surface area contributed by atoms with Crippen molar-refractivity contribution < 1.29 is 19.1 Å².